The number of thiophene rings is 1. The van der Waals surface area contributed by atoms with Gasteiger partial charge >= 0.3 is 0 Å². The van der Waals surface area contributed by atoms with E-state index in [4.69, 9.17) is 0 Å². The molecule has 1 atom stereocenters. The number of carbonyl (C=O) groups excluding carboxylic acids is 2. The number of nitro groups is 1. The summed E-state index contributed by atoms with van der Waals surface area (Å²) in [5, 5.41) is 20.5. The number of anilines is 2. The van der Waals surface area contributed by atoms with Gasteiger partial charge in [0, 0.05) is 33.7 Å². The number of carbonyl (C=O) groups is 2. The lowest BCUT2D eigenvalue weighted by atomic mass is 10.2. The van der Waals surface area contributed by atoms with Crippen LogP contribution in [0.2, 0.25) is 0 Å². The van der Waals surface area contributed by atoms with Gasteiger partial charge in [-0.3, -0.25) is 19.7 Å². The predicted octanol–water partition coefficient (Wildman–Crippen LogP) is 6.15. The van der Waals surface area contributed by atoms with Crippen LogP contribution in [0, 0.1) is 10.1 Å². The van der Waals surface area contributed by atoms with Crippen molar-refractivity contribution in [2.24, 2.45) is 0 Å². The molecule has 0 saturated heterocycles. The summed E-state index contributed by atoms with van der Waals surface area (Å²) in [6.45, 7) is 1.80. The van der Waals surface area contributed by atoms with E-state index >= 15 is 0 Å². The van der Waals surface area contributed by atoms with Crippen molar-refractivity contribution in [3.05, 3.63) is 87.1 Å². The number of non-ortho nitro benzene ring substituents is 1. The molecule has 2 aromatic heterocycles. The summed E-state index contributed by atoms with van der Waals surface area (Å²) in [6, 6.07) is 16.5. The third-order valence-corrected chi connectivity index (χ3v) is 7.37. The third-order valence-electron chi connectivity index (χ3n) is 4.62. The van der Waals surface area contributed by atoms with Gasteiger partial charge in [-0.05, 0) is 48.7 Å². The molecular weight excluding hydrogens is 492 g/mol. The number of benzene rings is 2. The van der Waals surface area contributed by atoms with E-state index in [1.807, 2.05) is 29.0 Å². The van der Waals surface area contributed by atoms with Crippen LogP contribution in [0.15, 0.2) is 76.3 Å². The monoisotopic (exact) mass is 510 g/mol. The van der Waals surface area contributed by atoms with E-state index in [0.29, 0.717) is 16.4 Å². The highest BCUT2D eigenvalue weighted by Crippen LogP contribution is 2.30. The van der Waals surface area contributed by atoms with Crippen LogP contribution in [-0.2, 0) is 4.79 Å². The van der Waals surface area contributed by atoms with Gasteiger partial charge in [-0.1, -0.05) is 12.1 Å². The molecule has 2 N–H and O–H groups in total. The zero-order chi connectivity index (χ0) is 24.1. The lowest BCUT2D eigenvalue weighted by Crippen LogP contribution is -2.22. The Kier molecular flexibility index (Phi) is 7.36. The zero-order valence-corrected chi connectivity index (χ0v) is 20.2. The molecule has 4 rings (SSSR count). The third kappa shape index (κ3) is 5.87. The van der Waals surface area contributed by atoms with E-state index in [1.54, 1.807) is 36.5 Å². The Bertz CT molecular complexity index is 1320. The van der Waals surface area contributed by atoms with Gasteiger partial charge in [0.1, 0.15) is 0 Å². The molecule has 4 aromatic rings. The fraction of sp³-hybridized carbons (Fsp3) is 0.0870. The molecule has 8 nitrogen and oxygen atoms in total. The maximum Gasteiger partial charge on any atom is 0.269 e. The van der Waals surface area contributed by atoms with Crippen LogP contribution in [0.3, 0.4) is 0 Å². The van der Waals surface area contributed by atoms with Gasteiger partial charge in [-0.25, -0.2) is 4.98 Å². The number of hydrogen-bond donors (Lipinski definition) is 2. The van der Waals surface area contributed by atoms with Crippen LogP contribution in [0.1, 0.15) is 17.3 Å². The van der Waals surface area contributed by atoms with Crippen molar-refractivity contribution >= 4 is 62.8 Å². The van der Waals surface area contributed by atoms with Gasteiger partial charge in [-0.2, -0.15) is 0 Å². The predicted molar refractivity (Wildman–Crippen MR) is 137 cm³/mol. The Morgan fingerprint density at radius 1 is 1.06 bits per heavy atom. The summed E-state index contributed by atoms with van der Waals surface area (Å²) in [5.74, 6) is -0.550. The number of thiazole rings is 1. The maximum absolute atomic E-state index is 12.7. The number of aromatic nitrogens is 1. The molecule has 2 amide bonds. The molecule has 2 heterocycles. The highest BCUT2D eigenvalue weighted by Gasteiger charge is 2.17. The number of rotatable bonds is 8. The van der Waals surface area contributed by atoms with E-state index in [2.05, 4.69) is 15.6 Å². The second-order valence-electron chi connectivity index (χ2n) is 7.05. The van der Waals surface area contributed by atoms with Crippen LogP contribution >= 0.6 is 34.4 Å². The first-order chi connectivity index (χ1) is 16.4. The molecule has 11 heteroatoms. The van der Waals surface area contributed by atoms with Crippen molar-refractivity contribution in [2.75, 3.05) is 10.6 Å². The molecule has 34 heavy (non-hydrogen) atoms. The van der Waals surface area contributed by atoms with Gasteiger partial charge < -0.3 is 10.6 Å². The first-order valence-corrected chi connectivity index (χ1v) is 12.7. The number of hydrogen-bond acceptors (Lipinski definition) is 8. The van der Waals surface area contributed by atoms with E-state index in [0.717, 1.165) is 15.5 Å². The van der Waals surface area contributed by atoms with E-state index in [1.165, 1.54) is 47.4 Å². The molecule has 0 bridgehead atoms. The molecule has 0 aliphatic heterocycles. The van der Waals surface area contributed by atoms with Crippen LogP contribution in [0.5, 0.6) is 0 Å². The summed E-state index contributed by atoms with van der Waals surface area (Å²) < 4.78 is 0. The zero-order valence-electron chi connectivity index (χ0n) is 17.8. The minimum absolute atomic E-state index is 0.0808. The second kappa shape index (κ2) is 10.6. The summed E-state index contributed by atoms with van der Waals surface area (Å²) in [5.41, 5.74) is 1.62. The Balaban J connectivity index is 1.35. The Labute approximate surface area is 207 Å². The van der Waals surface area contributed by atoms with Crippen LogP contribution in [0.4, 0.5) is 16.5 Å². The molecule has 0 aliphatic rings. The SMILES string of the molecule is CC(Sc1cccc(NC(=O)c2ccc([N+](=O)[O-])cc2)c1)C(=O)Nc1nc(-c2cccs2)cs1. The Morgan fingerprint density at radius 3 is 2.56 bits per heavy atom. The number of amides is 2. The quantitative estimate of drug-likeness (QED) is 0.167. The normalized spacial score (nSPS) is 11.6. The number of nitrogens with zero attached hydrogens (tertiary/aromatic N) is 2. The summed E-state index contributed by atoms with van der Waals surface area (Å²) in [4.78, 5) is 41.7. The molecule has 2 aromatic carbocycles. The highest BCUT2D eigenvalue weighted by molar-refractivity contribution is 8.00. The number of thioether (sulfide) groups is 1. The van der Waals surface area contributed by atoms with Crippen molar-refractivity contribution < 1.29 is 14.5 Å². The van der Waals surface area contributed by atoms with E-state index in [-0.39, 0.29) is 17.5 Å². The molecule has 0 radical (unpaired) electrons. The van der Waals surface area contributed by atoms with Crippen molar-refractivity contribution in [1.29, 1.82) is 0 Å². The molecule has 0 aliphatic carbocycles. The topological polar surface area (TPSA) is 114 Å². The van der Waals surface area contributed by atoms with Crippen LogP contribution < -0.4 is 10.6 Å². The average molecular weight is 511 g/mol. The van der Waals surface area contributed by atoms with E-state index < -0.39 is 10.2 Å². The fourth-order valence-corrected chi connectivity index (χ4v) is 5.32. The van der Waals surface area contributed by atoms with Crippen LogP contribution in [0.25, 0.3) is 10.6 Å². The Hall–Kier alpha value is -3.54. The lowest BCUT2D eigenvalue weighted by molar-refractivity contribution is -0.384. The summed E-state index contributed by atoms with van der Waals surface area (Å²) in [6.07, 6.45) is 0. The highest BCUT2D eigenvalue weighted by atomic mass is 32.2. The second-order valence-corrected chi connectivity index (χ2v) is 10.3. The van der Waals surface area contributed by atoms with Gasteiger partial charge in [0.25, 0.3) is 11.6 Å². The fourth-order valence-electron chi connectivity index (χ4n) is 2.92. The van der Waals surface area contributed by atoms with Crippen molar-refractivity contribution in [3.63, 3.8) is 0 Å². The average Bonchev–Trinajstić information content (AvgIpc) is 3.51. The van der Waals surface area contributed by atoms with Crippen molar-refractivity contribution in [3.8, 4) is 10.6 Å². The smallest absolute Gasteiger partial charge is 0.269 e. The van der Waals surface area contributed by atoms with Gasteiger partial charge in [-0.15, -0.1) is 34.4 Å². The maximum atomic E-state index is 12.7. The minimum Gasteiger partial charge on any atom is -0.322 e. The Morgan fingerprint density at radius 2 is 1.85 bits per heavy atom. The standard InChI is InChI=1S/C23H18N4O4S3/c1-14(21(28)26-23-25-19(13-33-23)20-6-3-11-32-20)34-18-5-2-4-16(12-18)24-22(29)15-7-9-17(10-8-15)27(30)31/h2-14H,1H3,(H,24,29)(H,25,26,28). The van der Waals surface area contributed by atoms with Crippen molar-refractivity contribution in [2.45, 2.75) is 17.1 Å². The minimum atomic E-state index is -0.517. The van der Waals surface area contributed by atoms with Crippen molar-refractivity contribution in [1.82, 2.24) is 4.98 Å². The van der Waals surface area contributed by atoms with Gasteiger partial charge in [0.05, 0.1) is 20.7 Å². The molecule has 0 saturated carbocycles. The molecule has 172 valence electrons. The lowest BCUT2D eigenvalue weighted by Gasteiger charge is -2.12. The van der Waals surface area contributed by atoms with Crippen LogP contribution in [-0.4, -0.2) is 27.0 Å². The molecule has 0 fully saturated rings. The van der Waals surface area contributed by atoms with E-state index in [9.17, 15) is 19.7 Å². The molecule has 1 unspecified atom stereocenters. The first-order valence-electron chi connectivity index (χ1n) is 10.0. The molecule has 0 spiro atoms. The number of nitrogens with one attached hydrogen (secondary N) is 2. The number of nitro benzene ring substituents is 1. The summed E-state index contributed by atoms with van der Waals surface area (Å²) >= 11 is 4.33. The molecular formula is C23H18N4O4S3. The van der Waals surface area contributed by atoms with Gasteiger partial charge in [0.15, 0.2) is 5.13 Å². The summed E-state index contributed by atoms with van der Waals surface area (Å²) in [7, 11) is 0. The first kappa shape index (κ1) is 23.6. The van der Waals surface area contributed by atoms with Gasteiger partial charge in [0.2, 0.25) is 5.91 Å². The largest absolute Gasteiger partial charge is 0.322 e.